The van der Waals surface area contributed by atoms with E-state index in [9.17, 15) is 4.79 Å². The van der Waals surface area contributed by atoms with Crippen molar-refractivity contribution in [3.63, 3.8) is 0 Å². The van der Waals surface area contributed by atoms with Gasteiger partial charge < -0.3 is 9.47 Å². The van der Waals surface area contributed by atoms with E-state index in [1.165, 1.54) is 6.21 Å². The predicted molar refractivity (Wildman–Crippen MR) is 76.7 cm³/mol. The van der Waals surface area contributed by atoms with Gasteiger partial charge in [0.1, 0.15) is 0 Å². The first-order chi connectivity index (χ1) is 10.3. The van der Waals surface area contributed by atoms with Crippen LogP contribution in [0.4, 0.5) is 10.5 Å². The fourth-order valence-electron chi connectivity index (χ4n) is 1.79. The summed E-state index contributed by atoms with van der Waals surface area (Å²) in [4.78, 5) is 16.3. The van der Waals surface area contributed by atoms with Gasteiger partial charge in [0.2, 0.25) is 6.79 Å². The Morgan fingerprint density at radius 2 is 1.95 bits per heavy atom. The Hall–Kier alpha value is -3.02. The molecule has 0 bridgehead atoms. The van der Waals surface area contributed by atoms with Crippen LogP contribution in [0.2, 0.25) is 0 Å². The first-order valence-electron chi connectivity index (χ1n) is 6.27. The highest BCUT2D eigenvalue weighted by Crippen LogP contribution is 2.34. The molecular formula is C15H12N2O4. The number of nitrogens with one attached hydrogen (secondary N) is 1. The second-order valence-electron chi connectivity index (χ2n) is 4.22. The molecule has 0 aliphatic carbocycles. The molecule has 3 rings (SSSR count). The van der Waals surface area contributed by atoms with Gasteiger partial charge in [0, 0.05) is 11.8 Å². The molecular weight excluding hydrogens is 272 g/mol. The molecule has 6 heteroatoms. The second-order valence-corrected chi connectivity index (χ2v) is 4.22. The van der Waals surface area contributed by atoms with Crippen LogP contribution in [0, 0.1) is 0 Å². The molecule has 1 amide bonds. The number of hydrogen-bond donors (Lipinski definition) is 1. The van der Waals surface area contributed by atoms with Crippen LogP contribution in [0.1, 0.15) is 5.56 Å². The van der Waals surface area contributed by atoms with Gasteiger partial charge in [-0.05, 0) is 17.7 Å². The van der Waals surface area contributed by atoms with Crippen molar-refractivity contribution in [2.45, 2.75) is 0 Å². The molecule has 1 aliphatic heterocycles. The lowest BCUT2D eigenvalue weighted by atomic mass is 10.2. The summed E-state index contributed by atoms with van der Waals surface area (Å²) < 4.78 is 10.4. The Kier molecular flexibility index (Phi) is 3.68. The average molecular weight is 284 g/mol. The molecule has 1 heterocycles. The quantitative estimate of drug-likeness (QED) is 0.534. The summed E-state index contributed by atoms with van der Waals surface area (Å²) >= 11 is 0. The van der Waals surface area contributed by atoms with Gasteiger partial charge in [0.15, 0.2) is 11.5 Å². The molecule has 0 spiro atoms. The van der Waals surface area contributed by atoms with Crippen molar-refractivity contribution in [1.29, 1.82) is 0 Å². The van der Waals surface area contributed by atoms with Crippen molar-refractivity contribution in [2.24, 2.45) is 5.16 Å². The summed E-state index contributed by atoms with van der Waals surface area (Å²) in [5, 5.41) is 6.16. The number of fused-ring (bicyclic) bond motifs is 1. The number of anilines is 1. The molecule has 106 valence electrons. The third-order valence-electron chi connectivity index (χ3n) is 2.76. The Morgan fingerprint density at radius 3 is 2.81 bits per heavy atom. The molecule has 2 aromatic rings. The first kappa shape index (κ1) is 13.0. The van der Waals surface area contributed by atoms with Crippen molar-refractivity contribution in [1.82, 2.24) is 0 Å². The third-order valence-corrected chi connectivity index (χ3v) is 2.76. The highest BCUT2D eigenvalue weighted by molar-refractivity contribution is 5.86. The van der Waals surface area contributed by atoms with Gasteiger partial charge in [0.25, 0.3) is 0 Å². The number of carbonyl (C=O) groups is 1. The van der Waals surface area contributed by atoms with Gasteiger partial charge in [-0.1, -0.05) is 35.5 Å². The van der Waals surface area contributed by atoms with Crippen LogP contribution in [0.5, 0.6) is 11.5 Å². The van der Waals surface area contributed by atoms with Crippen molar-refractivity contribution in [2.75, 3.05) is 12.1 Å². The largest absolute Gasteiger partial charge is 0.454 e. The maximum absolute atomic E-state index is 11.6. The molecule has 0 fully saturated rings. The van der Waals surface area contributed by atoms with Crippen LogP contribution in [0.25, 0.3) is 0 Å². The lowest BCUT2D eigenvalue weighted by molar-refractivity contribution is 0.167. The second kappa shape index (κ2) is 5.96. The molecule has 2 aromatic carbocycles. The summed E-state index contributed by atoms with van der Waals surface area (Å²) in [5.41, 5.74) is 1.38. The van der Waals surface area contributed by atoms with E-state index in [0.717, 1.165) is 5.56 Å². The van der Waals surface area contributed by atoms with Crippen LogP contribution in [0.15, 0.2) is 53.7 Å². The molecule has 0 aromatic heterocycles. The van der Waals surface area contributed by atoms with Gasteiger partial charge >= 0.3 is 6.09 Å². The molecule has 1 N–H and O–H groups in total. The van der Waals surface area contributed by atoms with Gasteiger partial charge in [-0.2, -0.15) is 0 Å². The minimum Gasteiger partial charge on any atom is -0.454 e. The van der Waals surface area contributed by atoms with Gasteiger partial charge in [-0.3, -0.25) is 10.2 Å². The molecule has 0 atom stereocenters. The summed E-state index contributed by atoms with van der Waals surface area (Å²) in [6, 6.07) is 14.4. The van der Waals surface area contributed by atoms with E-state index in [1.54, 1.807) is 18.2 Å². The number of hydrogen-bond acceptors (Lipinski definition) is 5. The topological polar surface area (TPSA) is 69.2 Å². The number of rotatable bonds is 3. The number of oxime groups is 1. The van der Waals surface area contributed by atoms with Gasteiger partial charge in [0.05, 0.1) is 6.21 Å². The predicted octanol–water partition coefficient (Wildman–Crippen LogP) is 3.00. The first-order valence-corrected chi connectivity index (χ1v) is 6.27. The van der Waals surface area contributed by atoms with Crippen molar-refractivity contribution >= 4 is 18.0 Å². The molecule has 0 radical (unpaired) electrons. The number of nitrogens with zero attached hydrogens (tertiary/aromatic N) is 1. The van der Waals surface area contributed by atoms with Crippen LogP contribution >= 0.6 is 0 Å². The molecule has 1 aliphatic rings. The normalized spacial score (nSPS) is 12.4. The molecule has 0 saturated carbocycles. The van der Waals surface area contributed by atoms with Crippen LogP contribution in [-0.2, 0) is 4.84 Å². The highest BCUT2D eigenvalue weighted by Gasteiger charge is 2.14. The summed E-state index contributed by atoms with van der Waals surface area (Å²) in [7, 11) is 0. The van der Waals surface area contributed by atoms with Gasteiger partial charge in [-0.15, -0.1) is 0 Å². The SMILES string of the molecule is O=C(Nc1ccc2c(c1)OCO2)ON=Cc1ccccc1. The van der Waals surface area contributed by atoms with Crippen LogP contribution in [-0.4, -0.2) is 19.1 Å². The average Bonchev–Trinajstić information content (AvgIpc) is 2.96. The standard InChI is InChI=1S/C15H12N2O4/c18-15(21-16-9-11-4-2-1-3-5-11)17-12-6-7-13-14(8-12)20-10-19-13/h1-9H,10H2,(H,17,18). The smallest absolute Gasteiger partial charge is 0.437 e. The zero-order valence-electron chi connectivity index (χ0n) is 11.0. The Labute approximate surface area is 120 Å². The summed E-state index contributed by atoms with van der Waals surface area (Å²) in [6.45, 7) is 0.185. The fraction of sp³-hybridized carbons (Fsp3) is 0.0667. The minimum atomic E-state index is -0.680. The molecule has 21 heavy (non-hydrogen) atoms. The third kappa shape index (κ3) is 3.30. The minimum absolute atomic E-state index is 0.185. The van der Waals surface area contributed by atoms with Crippen molar-refractivity contribution in [3.8, 4) is 11.5 Å². The summed E-state index contributed by atoms with van der Waals surface area (Å²) in [5.74, 6) is 1.23. The van der Waals surface area contributed by atoms with E-state index in [4.69, 9.17) is 14.3 Å². The zero-order valence-corrected chi connectivity index (χ0v) is 11.0. The number of carbonyl (C=O) groups excluding carboxylic acids is 1. The van der Waals surface area contributed by atoms with Crippen LogP contribution in [0.3, 0.4) is 0 Å². The molecule has 6 nitrogen and oxygen atoms in total. The van der Waals surface area contributed by atoms with E-state index in [-0.39, 0.29) is 6.79 Å². The maximum Gasteiger partial charge on any atom is 0.437 e. The maximum atomic E-state index is 11.6. The Balaban J connectivity index is 1.56. The Bertz CT molecular complexity index is 671. The van der Waals surface area contributed by atoms with Gasteiger partial charge in [-0.25, -0.2) is 4.79 Å². The van der Waals surface area contributed by atoms with E-state index < -0.39 is 6.09 Å². The van der Waals surface area contributed by atoms with Crippen LogP contribution < -0.4 is 14.8 Å². The van der Waals surface area contributed by atoms with Crippen molar-refractivity contribution < 1.29 is 19.1 Å². The fourth-order valence-corrected chi connectivity index (χ4v) is 1.79. The highest BCUT2D eigenvalue weighted by atomic mass is 16.7. The molecule has 0 unspecified atom stereocenters. The monoisotopic (exact) mass is 284 g/mol. The number of amides is 1. The summed E-state index contributed by atoms with van der Waals surface area (Å²) in [6.07, 6.45) is 0.778. The lowest BCUT2D eigenvalue weighted by Gasteiger charge is -2.03. The van der Waals surface area contributed by atoms with E-state index in [2.05, 4.69) is 10.5 Å². The zero-order chi connectivity index (χ0) is 14.5. The molecule has 0 saturated heterocycles. The number of ether oxygens (including phenoxy) is 2. The van der Waals surface area contributed by atoms with Crippen molar-refractivity contribution in [3.05, 3.63) is 54.1 Å². The van der Waals surface area contributed by atoms with E-state index in [1.807, 2.05) is 30.3 Å². The number of benzene rings is 2. The Morgan fingerprint density at radius 1 is 1.14 bits per heavy atom. The van der Waals surface area contributed by atoms with E-state index in [0.29, 0.717) is 17.2 Å². The lowest BCUT2D eigenvalue weighted by Crippen LogP contribution is -2.10. The van der Waals surface area contributed by atoms with E-state index >= 15 is 0 Å².